The van der Waals surface area contributed by atoms with E-state index < -0.39 is 5.97 Å². The van der Waals surface area contributed by atoms with E-state index in [1.54, 1.807) is 20.1 Å². The second kappa shape index (κ2) is 4.59. The molecule has 0 aliphatic rings. The maximum Gasteiger partial charge on any atom is 0.372 e. The number of carboxylic acids is 1. The molecule has 2 aromatic rings. The second-order valence-electron chi connectivity index (χ2n) is 3.89. The highest BCUT2D eigenvalue weighted by Crippen LogP contribution is 2.28. The van der Waals surface area contributed by atoms with Gasteiger partial charge in [-0.25, -0.2) is 4.79 Å². The largest absolute Gasteiger partial charge is 0.475 e. The SMILES string of the molecule is COCCc1cccc2oc(C(=O)O)c(C)c12. The first-order valence-corrected chi connectivity index (χ1v) is 5.38. The van der Waals surface area contributed by atoms with Crippen molar-refractivity contribution in [3.05, 3.63) is 35.1 Å². The smallest absolute Gasteiger partial charge is 0.372 e. The molecule has 17 heavy (non-hydrogen) atoms. The van der Waals surface area contributed by atoms with Crippen LogP contribution in [0.1, 0.15) is 21.7 Å². The Morgan fingerprint density at radius 1 is 1.47 bits per heavy atom. The number of fused-ring (bicyclic) bond motifs is 1. The van der Waals surface area contributed by atoms with Gasteiger partial charge < -0.3 is 14.3 Å². The van der Waals surface area contributed by atoms with Gasteiger partial charge in [-0.2, -0.15) is 0 Å². The molecule has 4 nitrogen and oxygen atoms in total. The number of hydrogen-bond donors (Lipinski definition) is 1. The van der Waals surface area contributed by atoms with E-state index in [0.717, 1.165) is 17.4 Å². The van der Waals surface area contributed by atoms with Gasteiger partial charge in [0.25, 0.3) is 0 Å². The minimum absolute atomic E-state index is 0.0184. The molecule has 0 aliphatic heterocycles. The fraction of sp³-hybridized carbons (Fsp3) is 0.308. The van der Waals surface area contributed by atoms with Gasteiger partial charge in [0.1, 0.15) is 5.58 Å². The summed E-state index contributed by atoms with van der Waals surface area (Å²) in [5, 5.41) is 9.91. The quantitative estimate of drug-likeness (QED) is 0.883. The molecule has 0 aliphatic carbocycles. The number of aromatic carboxylic acids is 1. The molecule has 90 valence electrons. The van der Waals surface area contributed by atoms with Gasteiger partial charge in [0.2, 0.25) is 5.76 Å². The number of methoxy groups -OCH3 is 1. The molecule has 0 unspecified atom stereocenters. The lowest BCUT2D eigenvalue weighted by Gasteiger charge is -2.02. The maximum atomic E-state index is 11.0. The topological polar surface area (TPSA) is 59.7 Å². The van der Waals surface area contributed by atoms with Crippen molar-refractivity contribution in [2.75, 3.05) is 13.7 Å². The van der Waals surface area contributed by atoms with Crippen LogP contribution in [0.4, 0.5) is 0 Å². The van der Waals surface area contributed by atoms with E-state index in [0.29, 0.717) is 17.8 Å². The Labute approximate surface area is 98.8 Å². The molecule has 0 radical (unpaired) electrons. The molecule has 1 heterocycles. The molecule has 1 aromatic carbocycles. The predicted octanol–water partition coefficient (Wildman–Crippen LogP) is 2.63. The molecule has 0 amide bonds. The zero-order valence-corrected chi connectivity index (χ0v) is 9.82. The van der Waals surface area contributed by atoms with Gasteiger partial charge >= 0.3 is 5.97 Å². The van der Waals surface area contributed by atoms with Crippen LogP contribution in [0.15, 0.2) is 22.6 Å². The summed E-state index contributed by atoms with van der Waals surface area (Å²) in [7, 11) is 1.64. The van der Waals surface area contributed by atoms with Crippen molar-refractivity contribution in [1.29, 1.82) is 0 Å². The Morgan fingerprint density at radius 3 is 2.88 bits per heavy atom. The van der Waals surface area contributed by atoms with Crippen LogP contribution >= 0.6 is 0 Å². The summed E-state index contributed by atoms with van der Waals surface area (Å²) in [6.07, 6.45) is 0.743. The van der Waals surface area contributed by atoms with Gasteiger partial charge in [-0.1, -0.05) is 12.1 Å². The van der Waals surface area contributed by atoms with E-state index in [2.05, 4.69) is 0 Å². The van der Waals surface area contributed by atoms with Crippen LogP contribution in [0.5, 0.6) is 0 Å². The molecule has 4 heteroatoms. The van der Waals surface area contributed by atoms with Crippen LogP contribution in [0.25, 0.3) is 11.0 Å². The van der Waals surface area contributed by atoms with Crippen molar-refractivity contribution >= 4 is 16.9 Å². The fourth-order valence-electron chi connectivity index (χ4n) is 2.01. The minimum atomic E-state index is -1.03. The Morgan fingerprint density at radius 2 is 2.24 bits per heavy atom. The third kappa shape index (κ3) is 2.03. The number of ether oxygens (including phenoxy) is 1. The van der Waals surface area contributed by atoms with Crippen LogP contribution in [0.3, 0.4) is 0 Å². The summed E-state index contributed by atoms with van der Waals surface area (Å²) >= 11 is 0. The van der Waals surface area contributed by atoms with Gasteiger partial charge in [-0.05, 0) is 25.0 Å². The molecule has 0 saturated carbocycles. The normalized spacial score (nSPS) is 10.9. The van der Waals surface area contributed by atoms with Crippen molar-refractivity contribution < 1.29 is 19.1 Å². The summed E-state index contributed by atoms with van der Waals surface area (Å²) < 4.78 is 10.4. The van der Waals surface area contributed by atoms with E-state index in [1.165, 1.54) is 0 Å². The standard InChI is InChI=1S/C13H14O4/c1-8-11-9(6-7-16-2)4-3-5-10(11)17-12(8)13(14)15/h3-5H,6-7H2,1-2H3,(H,14,15). The Hall–Kier alpha value is -1.81. The lowest BCUT2D eigenvalue weighted by atomic mass is 10.0. The molecule has 2 rings (SSSR count). The van der Waals surface area contributed by atoms with E-state index in [9.17, 15) is 4.79 Å². The Balaban J connectivity index is 2.58. The van der Waals surface area contributed by atoms with Gasteiger partial charge in [0, 0.05) is 18.1 Å². The molecule has 0 saturated heterocycles. The fourth-order valence-corrected chi connectivity index (χ4v) is 2.01. The summed E-state index contributed by atoms with van der Waals surface area (Å²) in [5.74, 6) is -1.01. The van der Waals surface area contributed by atoms with Crippen LogP contribution in [0.2, 0.25) is 0 Å². The number of carboxylic acid groups (broad SMARTS) is 1. The van der Waals surface area contributed by atoms with Gasteiger partial charge in [-0.15, -0.1) is 0 Å². The van der Waals surface area contributed by atoms with Crippen LogP contribution in [0, 0.1) is 6.92 Å². The summed E-state index contributed by atoms with van der Waals surface area (Å²) in [4.78, 5) is 11.0. The third-order valence-electron chi connectivity index (χ3n) is 2.81. The molecule has 1 aromatic heterocycles. The highest BCUT2D eigenvalue weighted by molar-refractivity contribution is 5.96. The first-order chi connectivity index (χ1) is 8.15. The zero-order chi connectivity index (χ0) is 12.4. The van der Waals surface area contributed by atoms with Crippen molar-refractivity contribution in [2.24, 2.45) is 0 Å². The third-order valence-corrected chi connectivity index (χ3v) is 2.81. The van der Waals surface area contributed by atoms with Gasteiger partial charge in [0.15, 0.2) is 0 Å². The molecular weight excluding hydrogens is 220 g/mol. The lowest BCUT2D eigenvalue weighted by Crippen LogP contribution is -1.97. The second-order valence-corrected chi connectivity index (χ2v) is 3.89. The van der Waals surface area contributed by atoms with E-state index >= 15 is 0 Å². The highest BCUT2D eigenvalue weighted by Gasteiger charge is 2.18. The molecule has 0 fully saturated rings. The van der Waals surface area contributed by atoms with Gasteiger partial charge in [0.05, 0.1) is 6.61 Å². The molecular formula is C13H14O4. The summed E-state index contributed by atoms with van der Waals surface area (Å²) in [5.41, 5.74) is 2.35. The molecule has 0 atom stereocenters. The summed E-state index contributed by atoms with van der Waals surface area (Å²) in [6, 6.07) is 5.61. The van der Waals surface area contributed by atoms with Crippen LogP contribution in [-0.2, 0) is 11.2 Å². The van der Waals surface area contributed by atoms with Gasteiger partial charge in [-0.3, -0.25) is 0 Å². The first-order valence-electron chi connectivity index (χ1n) is 5.38. The highest BCUT2D eigenvalue weighted by atomic mass is 16.5. The lowest BCUT2D eigenvalue weighted by molar-refractivity contribution is 0.0664. The number of aryl methyl sites for hydroxylation is 1. The van der Waals surface area contributed by atoms with Crippen molar-refractivity contribution in [1.82, 2.24) is 0 Å². The predicted molar refractivity (Wildman–Crippen MR) is 63.5 cm³/mol. The van der Waals surface area contributed by atoms with E-state index in [1.807, 2.05) is 12.1 Å². The minimum Gasteiger partial charge on any atom is -0.475 e. The average molecular weight is 234 g/mol. The van der Waals surface area contributed by atoms with Crippen LogP contribution in [-0.4, -0.2) is 24.8 Å². The monoisotopic (exact) mass is 234 g/mol. The molecule has 1 N–H and O–H groups in total. The number of carbonyl (C=O) groups is 1. The first kappa shape index (κ1) is 11.7. The van der Waals surface area contributed by atoms with Crippen LogP contribution < -0.4 is 0 Å². The molecule has 0 bridgehead atoms. The number of rotatable bonds is 4. The van der Waals surface area contributed by atoms with Crippen molar-refractivity contribution in [3.8, 4) is 0 Å². The molecule has 0 spiro atoms. The van der Waals surface area contributed by atoms with E-state index in [-0.39, 0.29) is 5.76 Å². The van der Waals surface area contributed by atoms with E-state index in [4.69, 9.17) is 14.3 Å². The summed E-state index contributed by atoms with van der Waals surface area (Å²) in [6.45, 7) is 2.37. The number of benzene rings is 1. The number of hydrogen-bond acceptors (Lipinski definition) is 3. The maximum absolute atomic E-state index is 11.0. The van der Waals surface area contributed by atoms with Crippen molar-refractivity contribution in [3.63, 3.8) is 0 Å². The zero-order valence-electron chi connectivity index (χ0n) is 9.82. The van der Waals surface area contributed by atoms with Crippen molar-refractivity contribution in [2.45, 2.75) is 13.3 Å². The average Bonchev–Trinajstić information content (AvgIpc) is 2.65. The number of furan rings is 1. The Kier molecular flexibility index (Phi) is 3.15. The Bertz CT molecular complexity index is 554.